The van der Waals surface area contributed by atoms with Gasteiger partial charge in [-0.15, -0.1) is 0 Å². The van der Waals surface area contributed by atoms with Gasteiger partial charge in [0.2, 0.25) is 0 Å². The third-order valence-electron chi connectivity index (χ3n) is 1.69. The lowest BCUT2D eigenvalue weighted by atomic mass is 10.2. The van der Waals surface area contributed by atoms with Crippen molar-refractivity contribution in [2.45, 2.75) is 6.61 Å². The number of rotatable bonds is 2. The highest BCUT2D eigenvalue weighted by molar-refractivity contribution is 7.92. The maximum atomic E-state index is 11.2. The molecule has 0 bridgehead atoms. The van der Waals surface area contributed by atoms with Gasteiger partial charge < -0.3 is 4.74 Å². The van der Waals surface area contributed by atoms with Crippen LogP contribution in [0.1, 0.15) is 5.56 Å². The van der Waals surface area contributed by atoms with Crippen LogP contribution in [0, 0.1) is 0 Å². The van der Waals surface area contributed by atoms with Gasteiger partial charge in [-0.25, -0.2) is 9.00 Å². The maximum Gasteiger partial charge on any atom is 0.400 e. The first-order valence-electron chi connectivity index (χ1n) is 4.80. The third kappa shape index (κ3) is 5.26. The average Bonchev–Trinajstić information content (AvgIpc) is 2.25. The minimum atomic E-state index is -2.63. The lowest BCUT2D eigenvalue weighted by molar-refractivity contribution is -0.154. The van der Waals surface area contributed by atoms with Gasteiger partial charge in [-0.2, -0.15) is 4.36 Å². The molecule has 0 unspecified atom stereocenters. The SMILES string of the molecule is CS(C)(=O)=NC(=O)C(=O)OCc1ccccc1. The molecule has 1 rings (SSSR count). The summed E-state index contributed by atoms with van der Waals surface area (Å²) in [5.41, 5.74) is 0.766. The molecular weight excluding hydrogens is 242 g/mol. The van der Waals surface area contributed by atoms with Gasteiger partial charge >= 0.3 is 11.9 Å². The van der Waals surface area contributed by atoms with Crippen molar-refractivity contribution >= 4 is 21.6 Å². The van der Waals surface area contributed by atoms with E-state index in [9.17, 15) is 13.8 Å². The molecule has 0 aromatic heterocycles. The van der Waals surface area contributed by atoms with E-state index >= 15 is 0 Å². The Morgan fingerprint density at radius 2 is 1.82 bits per heavy atom. The molecule has 0 N–H and O–H groups in total. The molecular formula is C11H13NO4S. The van der Waals surface area contributed by atoms with Crippen molar-refractivity contribution in [1.82, 2.24) is 0 Å². The van der Waals surface area contributed by atoms with E-state index in [-0.39, 0.29) is 6.61 Å². The lowest BCUT2D eigenvalue weighted by Gasteiger charge is -2.02. The van der Waals surface area contributed by atoms with E-state index < -0.39 is 21.6 Å². The molecule has 0 fully saturated rings. The van der Waals surface area contributed by atoms with Crippen LogP contribution in [0.2, 0.25) is 0 Å². The van der Waals surface area contributed by atoms with Crippen LogP contribution in [0.5, 0.6) is 0 Å². The predicted molar refractivity (Wildman–Crippen MR) is 63.7 cm³/mol. The van der Waals surface area contributed by atoms with Gasteiger partial charge in [0.25, 0.3) is 0 Å². The zero-order valence-electron chi connectivity index (χ0n) is 9.58. The number of esters is 1. The standard InChI is InChI=1S/C11H13NO4S/c1-17(2,15)12-10(13)11(14)16-8-9-6-4-3-5-7-9/h3-7H,8H2,1-2H3. The van der Waals surface area contributed by atoms with E-state index in [0.717, 1.165) is 5.56 Å². The van der Waals surface area contributed by atoms with Crippen molar-refractivity contribution < 1.29 is 18.5 Å². The summed E-state index contributed by atoms with van der Waals surface area (Å²) >= 11 is 0. The van der Waals surface area contributed by atoms with Gasteiger partial charge in [-0.1, -0.05) is 30.3 Å². The summed E-state index contributed by atoms with van der Waals surface area (Å²) in [7, 11) is -2.63. The van der Waals surface area contributed by atoms with E-state index in [1.54, 1.807) is 24.3 Å². The Hall–Kier alpha value is -1.69. The highest BCUT2D eigenvalue weighted by Gasteiger charge is 2.15. The molecule has 17 heavy (non-hydrogen) atoms. The van der Waals surface area contributed by atoms with E-state index in [0.29, 0.717) is 0 Å². The van der Waals surface area contributed by atoms with Crippen LogP contribution in [0.3, 0.4) is 0 Å². The maximum absolute atomic E-state index is 11.2. The normalized spacial score (nSPS) is 10.7. The molecule has 0 saturated carbocycles. The van der Waals surface area contributed by atoms with Gasteiger partial charge in [0.1, 0.15) is 6.61 Å². The number of amides is 1. The smallest absolute Gasteiger partial charge is 0.400 e. The van der Waals surface area contributed by atoms with Crippen molar-refractivity contribution in [3.63, 3.8) is 0 Å². The number of carbonyl (C=O) groups excluding carboxylic acids is 2. The zero-order valence-corrected chi connectivity index (χ0v) is 10.4. The monoisotopic (exact) mass is 255 g/mol. The molecule has 0 heterocycles. The van der Waals surface area contributed by atoms with Crippen LogP contribution in [-0.4, -0.2) is 28.6 Å². The van der Waals surface area contributed by atoms with Gasteiger partial charge in [0.15, 0.2) is 0 Å². The van der Waals surface area contributed by atoms with Gasteiger partial charge in [-0.05, 0) is 5.56 Å². The minimum absolute atomic E-state index is 0.00441. The van der Waals surface area contributed by atoms with Crippen molar-refractivity contribution in [3.05, 3.63) is 35.9 Å². The Balaban J connectivity index is 2.57. The largest absolute Gasteiger partial charge is 0.454 e. The molecule has 92 valence electrons. The van der Waals surface area contributed by atoms with Gasteiger partial charge in [-0.3, -0.25) is 4.79 Å². The molecule has 6 heteroatoms. The second-order valence-corrected chi connectivity index (χ2v) is 6.18. The van der Waals surface area contributed by atoms with Crippen LogP contribution < -0.4 is 0 Å². The number of nitrogens with zero attached hydrogens (tertiary/aromatic N) is 1. The Labute approximate surface area is 100.0 Å². The summed E-state index contributed by atoms with van der Waals surface area (Å²) in [6.45, 7) is -0.00441. The number of carbonyl (C=O) groups is 2. The third-order valence-corrected chi connectivity index (χ3v) is 2.30. The fourth-order valence-electron chi connectivity index (χ4n) is 1.02. The molecule has 0 atom stereocenters. The van der Waals surface area contributed by atoms with Crippen LogP contribution >= 0.6 is 0 Å². The first-order chi connectivity index (χ1) is 7.88. The second-order valence-electron chi connectivity index (χ2n) is 3.64. The number of ether oxygens (including phenoxy) is 1. The first kappa shape index (κ1) is 13.4. The first-order valence-corrected chi connectivity index (χ1v) is 7.14. The Bertz CT molecular complexity index is 522. The highest BCUT2D eigenvalue weighted by atomic mass is 32.2. The summed E-state index contributed by atoms with van der Waals surface area (Å²) in [5, 5.41) is 0. The molecule has 0 aliphatic carbocycles. The predicted octanol–water partition coefficient (Wildman–Crippen LogP) is 0.984. The van der Waals surface area contributed by atoms with E-state index in [1.165, 1.54) is 12.5 Å². The van der Waals surface area contributed by atoms with Crippen molar-refractivity contribution in [3.8, 4) is 0 Å². The van der Waals surface area contributed by atoms with Crippen LogP contribution in [-0.2, 0) is 30.7 Å². The fourth-order valence-corrected chi connectivity index (χ4v) is 1.50. The van der Waals surface area contributed by atoms with E-state index in [4.69, 9.17) is 4.74 Å². The lowest BCUT2D eigenvalue weighted by Crippen LogP contribution is -2.16. The summed E-state index contributed by atoms with van der Waals surface area (Å²) in [6, 6.07) is 8.94. The van der Waals surface area contributed by atoms with Crippen molar-refractivity contribution in [2.24, 2.45) is 4.36 Å². The van der Waals surface area contributed by atoms with Crippen molar-refractivity contribution in [1.29, 1.82) is 0 Å². The molecule has 1 amide bonds. The average molecular weight is 255 g/mol. The van der Waals surface area contributed by atoms with Gasteiger partial charge in [0.05, 0.1) is 0 Å². The molecule has 1 aromatic rings. The van der Waals surface area contributed by atoms with E-state index in [2.05, 4.69) is 4.36 Å². The van der Waals surface area contributed by atoms with E-state index in [1.807, 2.05) is 6.07 Å². The van der Waals surface area contributed by atoms with Crippen LogP contribution in [0.25, 0.3) is 0 Å². The Morgan fingerprint density at radius 1 is 1.24 bits per heavy atom. The molecule has 5 nitrogen and oxygen atoms in total. The fraction of sp³-hybridized carbons (Fsp3) is 0.273. The second kappa shape index (κ2) is 5.58. The topological polar surface area (TPSA) is 72.8 Å². The Morgan fingerprint density at radius 3 is 2.35 bits per heavy atom. The Kier molecular flexibility index (Phi) is 4.39. The molecule has 0 spiro atoms. The number of hydrogen-bond acceptors (Lipinski definition) is 4. The minimum Gasteiger partial charge on any atom is -0.454 e. The molecule has 0 aliphatic heterocycles. The number of benzene rings is 1. The molecule has 0 saturated heterocycles. The summed E-state index contributed by atoms with van der Waals surface area (Å²) in [6.07, 6.45) is 2.55. The molecule has 1 aromatic carbocycles. The molecule has 0 aliphatic rings. The van der Waals surface area contributed by atoms with Crippen LogP contribution in [0.15, 0.2) is 34.7 Å². The summed E-state index contributed by atoms with van der Waals surface area (Å²) in [4.78, 5) is 22.4. The molecule has 0 radical (unpaired) electrons. The quantitative estimate of drug-likeness (QED) is 0.583. The summed E-state index contributed by atoms with van der Waals surface area (Å²) in [5.74, 6) is -2.21. The highest BCUT2D eigenvalue weighted by Crippen LogP contribution is 2.01. The zero-order chi connectivity index (χ0) is 12.9. The van der Waals surface area contributed by atoms with Gasteiger partial charge in [0, 0.05) is 22.2 Å². The number of hydrogen-bond donors (Lipinski definition) is 0. The van der Waals surface area contributed by atoms with Crippen LogP contribution in [0.4, 0.5) is 0 Å². The summed E-state index contributed by atoms with van der Waals surface area (Å²) < 4.78 is 19.1. The van der Waals surface area contributed by atoms with Crippen molar-refractivity contribution in [2.75, 3.05) is 12.5 Å².